The lowest BCUT2D eigenvalue weighted by molar-refractivity contribution is -0.138. The lowest BCUT2D eigenvalue weighted by Gasteiger charge is -2.27. The normalized spacial score (nSPS) is 14.3. The van der Waals surface area contributed by atoms with Crippen LogP contribution in [0.25, 0.3) is 0 Å². The van der Waals surface area contributed by atoms with E-state index < -0.39 is 22.0 Å². The predicted molar refractivity (Wildman–Crippen MR) is 88.2 cm³/mol. The molecular formula is C15H22ClNO4S. The minimum atomic E-state index is -3.15. The Morgan fingerprint density at radius 1 is 1.36 bits per heavy atom. The van der Waals surface area contributed by atoms with Crippen LogP contribution in [0, 0.1) is 6.92 Å². The van der Waals surface area contributed by atoms with Gasteiger partial charge in [0.15, 0.2) is 6.10 Å². The van der Waals surface area contributed by atoms with E-state index in [2.05, 4.69) is 0 Å². The number of halogens is 1. The molecule has 124 valence electrons. The van der Waals surface area contributed by atoms with Crippen molar-refractivity contribution in [3.05, 3.63) is 28.8 Å². The Balaban J connectivity index is 2.75. The molecular weight excluding hydrogens is 326 g/mol. The number of carbonyl (C=O) groups excluding carboxylic acids is 1. The number of benzene rings is 1. The van der Waals surface area contributed by atoms with Crippen LogP contribution in [0.2, 0.25) is 5.02 Å². The SMILES string of the molecule is Cc1cc(Cl)ccc1O[C@H](C)C(=O)N(C)[C@H](C)CS(C)(=O)=O. The summed E-state index contributed by atoms with van der Waals surface area (Å²) in [6.07, 6.45) is 0.436. The van der Waals surface area contributed by atoms with E-state index in [1.165, 1.54) is 4.90 Å². The van der Waals surface area contributed by atoms with Gasteiger partial charge in [0.25, 0.3) is 5.91 Å². The van der Waals surface area contributed by atoms with Crippen molar-refractivity contribution in [1.82, 2.24) is 4.90 Å². The number of ether oxygens (including phenoxy) is 1. The molecule has 0 spiro atoms. The third-order valence-corrected chi connectivity index (χ3v) is 4.66. The largest absolute Gasteiger partial charge is 0.481 e. The van der Waals surface area contributed by atoms with E-state index in [4.69, 9.17) is 16.3 Å². The van der Waals surface area contributed by atoms with E-state index in [0.29, 0.717) is 10.8 Å². The van der Waals surface area contributed by atoms with Crippen molar-refractivity contribution < 1.29 is 17.9 Å². The van der Waals surface area contributed by atoms with E-state index in [9.17, 15) is 13.2 Å². The number of aryl methyl sites for hydroxylation is 1. The van der Waals surface area contributed by atoms with E-state index in [0.717, 1.165) is 11.8 Å². The molecule has 7 heteroatoms. The summed E-state index contributed by atoms with van der Waals surface area (Å²) in [5.41, 5.74) is 0.832. The first-order valence-electron chi connectivity index (χ1n) is 6.88. The molecule has 0 fully saturated rings. The van der Waals surface area contributed by atoms with Crippen LogP contribution in [-0.2, 0) is 14.6 Å². The van der Waals surface area contributed by atoms with Crippen LogP contribution in [-0.4, -0.2) is 50.4 Å². The van der Waals surface area contributed by atoms with E-state index in [1.807, 2.05) is 6.92 Å². The maximum Gasteiger partial charge on any atom is 0.263 e. The second-order valence-electron chi connectivity index (χ2n) is 5.56. The zero-order chi connectivity index (χ0) is 17.1. The number of carbonyl (C=O) groups is 1. The first kappa shape index (κ1) is 18.8. The minimum Gasteiger partial charge on any atom is -0.481 e. The van der Waals surface area contributed by atoms with Gasteiger partial charge in [0.05, 0.1) is 5.75 Å². The molecule has 22 heavy (non-hydrogen) atoms. The average Bonchev–Trinajstić information content (AvgIpc) is 2.38. The van der Waals surface area contributed by atoms with Crippen LogP contribution in [0.5, 0.6) is 5.75 Å². The van der Waals surface area contributed by atoms with Crippen molar-refractivity contribution in [2.45, 2.75) is 32.9 Å². The lowest BCUT2D eigenvalue weighted by atomic mass is 10.2. The molecule has 2 atom stereocenters. The van der Waals surface area contributed by atoms with Gasteiger partial charge in [-0.25, -0.2) is 8.42 Å². The summed E-state index contributed by atoms with van der Waals surface area (Å²) in [4.78, 5) is 13.7. The van der Waals surface area contributed by atoms with Gasteiger partial charge in [-0.05, 0) is 44.5 Å². The third kappa shape index (κ3) is 5.50. The second-order valence-corrected chi connectivity index (χ2v) is 8.18. The van der Waals surface area contributed by atoms with E-state index in [1.54, 1.807) is 39.1 Å². The Morgan fingerprint density at radius 3 is 2.45 bits per heavy atom. The monoisotopic (exact) mass is 347 g/mol. The molecule has 1 aromatic rings. The minimum absolute atomic E-state index is 0.0814. The summed E-state index contributed by atoms with van der Waals surface area (Å²) in [5.74, 6) is 0.224. The fourth-order valence-corrected chi connectivity index (χ4v) is 3.37. The van der Waals surface area contributed by atoms with Crippen molar-refractivity contribution in [2.24, 2.45) is 0 Å². The van der Waals surface area contributed by atoms with Gasteiger partial charge >= 0.3 is 0 Å². The molecule has 0 unspecified atom stereocenters. The summed E-state index contributed by atoms with van der Waals surface area (Å²) in [6, 6.07) is 4.74. The zero-order valence-corrected chi connectivity index (χ0v) is 15.0. The molecule has 0 aromatic heterocycles. The number of hydrogen-bond donors (Lipinski definition) is 0. The predicted octanol–water partition coefficient (Wildman–Crippen LogP) is 2.31. The molecule has 0 aliphatic heterocycles. The van der Waals surface area contributed by atoms with Crippen LogP contribution >= 0.6 is 11.6 Å². The highest BCUT2D eigenvalue weighted by molar-refractivity contribution is 7.90. The second kappa shape index (κ2) is 7.33. The average molecular weight is 348 g/mol. The molecule has 0 heterocycles. The van der Waals surface area contributed by atoms with E-state index in [-0.39, 0.29) is 11.7 Å². The fourth-order valence-electron chi connectivity index (χ4n) is 2.04. The number of sulfone groups is 1. The first-order valence-corrected chi connectivity index (χ1v) is 9.32. The number of rotatable bonds is 6. The highest BCUT2D eigenvalue weighted by Crippen LogP contribution is 2.23. The number of hydrogen-bond acceptors (Lipinski definition) is 4. The van der Waals surface area contributed by atoms with Gasteiger partial charge in [-0.3, -0.25) is 4.79 Å². The van der Waals surface area contributed by atoms with Gasteiger partial charge < -0.3 is 9.64 Å². The van der Waals surface area contributed by atoms with Gasteiger partial charge in [-0.2, -0.15) is 0 Å². The molecule has 1 aromatic carbocycles. The number of nitrogens with zero attached hydrogens (tertiary/aromatic N) is 1. The van der Waals surface area contributed by atoms with Crippen molar-refractivity contribution in [3.63, 3.8) is 0 Å². The highest BCUT2D eigenvalue weighted by Gasteiger charge is 2.25. The van der Waals surface area contributed by atoms with Crippen LogP contribution in [0.15, 0.2) is 18.2 Å². The first-order chi connectivity index (χ1) is 10.0. The lowest BCUT2D eigenvalue weighted by Crippen LogP contribution is -2.45. The highest BCUT2D eigenvalue weighted by atomic mass is 35.5. The molecule has 0 aliphatic carbocycles. The summed E-state index contributed by atoms with van der Waals surface area (Å²) in [6.45, 7) is 5.17. The van der Waals surface area contributed by atoms with Gasteiger partial charge in [-0.15, -0.1) is 0 Å². The molecule has 0 bridgehead atoms. The third-order valence-electron chi connectivity index (χ3n) is 3.34. The molecule has 0 radical (unpaired) electrons. The van der Waals surface area contributed by atoms with Crippen molar-refractivity contribution in [2.75, 3.05) is 19.1 Å². The van der Waals surface area contributed by atoms with E-state index >= 15 is 0 Å². The zero-order valence-electron chi connectivity index (χ0n) is 13.5. The summed E-state index contributed by atoms with van der Waals surface area (Å²) in [7, 11) is -1.57. The molecule has 1 amide bonds. The summed E-state index contributed by atoms with van der Waals surface area (Å²) in [5, 5.41) is 0.600. The van der Waals surface area contributed by atoms with Gasteiger partial charge in [-0.1, -0.05) is 11.6 Å². The van der Waals surface area contributed by atoms with Crippen LogP contribution < -0.4 is 4.74 Å². The van der Waals surface area contributed by atoms with Crippen molar-refractivity contribution in [3.8, 4) is 5.75 Å². The maximum atomic E-state index is 12.3. The molecule has 1 rings (SSSR count). The standard InChI is InChI=1S/C15H22ClNO4S/c1-10-8-13(16)6-7-14(10)21-12(3)15(18)17(4)11(2)9-22(5,19)20/h6-8,11-12H,9H2,1-5H3/t11-,12-/m1/s1. The maximum absolute atomic E-state index is 12.3. The number of amides is 1. The molecule has 0 N–H and O–H groups in total. The topological polar surface area (TPSA) is 63.7 Å². The smallest absolute Gasteiger partial charge is 0.263 e. The molecule has 0 aliphatic rings. The Labute approximate surface area is 137 Å². The summed E-state index contributed by atoms with van der Waals surface area (Å²) >= 11 is 5.88. The summed E-state index contributed by atoms with van der Waals surface area (Å²) < 4.78 is 28.3. The number of likely N-dealkylation sites (N-methyl/N-ethyl adjacent to an activating group) is 1. The Hall–Kier alpha value is -1.27. The molecule has 0 saturated carbocycles. The van der Waals surface area contributed by atoms with Crippen LogP contribution in [0.3, 0.4) is 0 Å². The van der Waals surface area contributed by atoms with Gasteiger partial charge in [0, 0.05) is 24.4 Å². The Morgan fingerprint density at radius 2 is 1.95 bits per heavy atom. The quantitative estimate of drug-likeness (QED) is 0.792. The van der Waals surface area contributed by atoms with Gasteiger partial charge in [0.2, 0.25) is 0 Å². The van der Waals surface area contributed by atoms with Crippen LogP contribution in [0.1, 0.15) is 19.4 Å². The van der Waals surface area contributed by atoms with Crippen LogP contribution in [0.4, 0.5) is 0 Å². The molecule has 0 saturated heterocycles. The molecule has 5 nitrogen and oxygen atoms in total. The van der Waals surface area contributed by atoms with Gasteiger partial charge in [0.1, 0.15) is 15.6 Å². The fraction of sp³-hybridized carbons (Fsp3) is 0.533. The van der Waals surface area contributed by atoms with Crippen molar-refractivity contribution in [1.29, 1.82) is 0 Å². The Kier molecular flexibility index (Phi) is 6.26. The Bertz CT molecular complexity index is 645. The van der Waals surface area contributed by atoms with Crippen molar-refractivity contribution >= 4 is 27.3 Å².